The van der Waals surface area contributed by atoms with Crippen LogP contribution < -0.4 is 10.1 Å². The Balaban J connectivity index is 1.63. The van der Waals surface area contributed by atoms with E-state index in [1.165, 1.54) is 0 Å². The Kier molecular flexibility index (Phi) is 4.00. The fourth-order valence-corrected chi connectivity index (χ4v) is 2.00. The van der Waals surface area contributed by atoms with Gasteiger partial charge in [0.05, 0.1) is 19.5 Å². The number of nitrogens with zero attached hydrogens (tertiary/aromatic N) is 3. The number of methoxy groups -OCH3 is 1. The van der Waals surface area contributed by atoms with Crippen LogP contribution >= 0.6 is 0 Å². The summed E-state index contributed by atoms with van der Waals surface area (Å²) in [6, 6.07) is 10.1. The summed E-state index contributed by atoms with van der Waals surface area (Å²) in [4.78, 5) is 8.31. The molecule has 112 valence electrons. The molecule has 0 unspecified atom stereocenters. The Morgan fingerprint density at radius 3 is 2.55 bits per heavy atom. The molecule has 0 aliphatic heterocycles. The fraction of sp³-hybridized carbons (Fsp3) is 0.188. The summed E-state index contributed by atoms with van der Waals surface area (Å²) in [5, 5.41) is 7.22. The van der Waals surface area contributed by atoms with Crippen LogP contribution in [-0.2, 0) is 6.54 Å². The molecule has 2 heterocycles. The third-order valence-electron chi connectivity index (χ3n) is 3.19. The standard InChI is InChI=1S/C16H16N4O2/c1-11-7-14(20-22-11)13-5-3-12(4-6-13)8-17-15-9-19-16(21-2)10-18-15/h3-7,9-10H,8H2,1-2H3,(H,17,18). The Hall–Kier alpha value is -2.89. The normalized spacial score (nSPS) is 10.5. The van der Waals surface area contributed by atoms with Crippen molar-refractivity contribution in [3.05, 3.63) is 54.0 Å². The third-order valence-corrected chi connectivity index (χ3v) is 3.19. The highest BCUT2D eigenvalue weighted by Crippen LogP contribution is 2.19. The summed E-state index contributed by atoms with van der Waals surface area (Å²) >= 11 is 0. The van der Waals surface area contributed by atoms with Gasteiger partial charge in [-0.1, -0.05) is 29.4 Å². The monoisotopic (exact) mass is 296 g/mol. The second-order valence-electron chi connectivity index (χ2n) is 4.82. The van der Waals surface area contributed by atoms with Gasteiger partial charge in [-0.3, -0.25) is 0 Å². The Morgan fingerprint density at radius 2 is 1.95 bits per heavy atom. The van der Waals surface area contributed by atoms with Crippen molar-refractivity contribution in [3.8, 4) is 17.1 Å². The number of anilines is 1. The van der Waals surface area contributed by atoms with Crippen molar-refractivity contribution in [1.82, 2.24) is 15.1 Å². The average molecular weight is 296 g/mol. The quantitative estimate of drug-likeness (QED) is 0.780. The van der Waals surface area contributed by atoms with Gasteiger partial charge < -0.3 is 14.6 Å². The molecule has 0 atom stereocenters. The van der Waals surface area contributed by atoms with Gasteiger partial charge >= 0.3 is 0 Å². The smallest absolute Gasteiger partial charge is 0.232 e. The maximum absolute atomic E-state index is 5.09. The lowest BCUT2D eigenvalue weighted by Crippen LogP contribution is -2.02. The maximum Gasteiger partial charge on any atom is 0.232 e. The van der Waals surface area contributed by atoms with E-state index < -0.39 is 0 Å². The number of aryl methyl sites for hydroxylation is 1. The number of benzene rings is 1. The molecule has 3 aromatic rings. The molecule has 0 aliphatic rings. The van der Waals surface area contributed by atoms with Crippen LogP contribution in [0.25, 0.3) is 11.3 Å². The van der Waals surface area contributed by atoms with Crippen molar-refractivity contribution in [3.63, 3.8) is 0 Å². The van der Waals surface area contributed by atoms with Crippen LogP contribution in [0.2, 0.25) is 0 Å². The highest BCUT2D eigenvalue weighted by atomic mass is 16.5. The molecule has 0 radical (unpaired) electrons. The lowest BCUT2D eigenvalue weighted by atomic mass is 10.1. The molecule has 0 amide bonds. The average Bonchev–Trinajstić information content (AvgIpc) is 3.00. The van der Waals surface area contributed by atoms with E-state index in [1.54, 1.807) is 19.5 Å². The van der Waals surface area contributed by atoms with Gasteiger partial charge in [-0.25, -0.2) is 9.97 Å². The van der Waals surface area contributed by atoms with Gasteiger partial charge in [0.15, 0.2) is 0 Å². The number of hydrogen-bond donors (Lipinski definition) is 1. The molecule has 0 spiro atoms. The number of aromatic nitrogens is 3. The molecule has 2 aromatic heterocycles. The van der Waals surface area contributed by atoms with E-state index in [0.717, 1.165) is 22.6 Å². The molecule has 1 N–H and O–H groups in total. The summed E-state index contributed by atoms with van der Waals surface area (Å²) in [7, 11) is 1.56. The van der Waals surface area contributed by atoms with E-state index in [2.05, 4.69) is 20.4 Å². The van der Waals surface area contributed by atoms with E-state index >= 15 is 0 Å². The Morgan fingerprint density at radius 1 is 1.14 bits per heavy atom. The Labute approximate surface area is 128 Å². The number of ether oxygens (including phenoxy) is 1. The van der Waals surface area contributed by atoms with Crippen LogP contribution in [0, 0.1) is 6.92 Å². The van der Waals surface area contributed by atoms with E-state index in [1.807, 2.05) is 37.3 Å². The van der Waals surface area contributed by atoms with Crippen molar-refractivity contribution >= 4 is 5.82 Å². The molecular formula is C16H16N4O2. The molecule has 6 heteroatoms. The lowest BCUT2D eigenvalue weighted by Gasteiger charge is -2.06. The molecule has 0 saturated carbocycles. The molecule has 0 saturated heterocycles. The maximum atomic E-state index is 5.09. The third kappa shape index (κ3) is 3.22. The molecule has 0 aliphatic carbocycles. The highest BCUT2D eigenvalue weighted by molar-refractivity contribution is 5.59. The zero-order valence-corrected chi connectivity index (χ0v) is 12.4. The molecule has 1 aromatic carbocycles. The highest BCUT2D eigenvalue weighted by Gasteiger charge is 2.04. The van der Waals surface area contributed by atoms with Crippen LogP contribution in [0.4, 0.5) is 5.82 Å². The van der Waals surface area contributed by atoms with Crippen molar-refractivity contribution < 1.29 is 9.26 Å². The van der Waals surface area contributed by atoms with Gasteiger partial charge in [0.2, 0.25) is 5.88 Å². The first-order chi connectivity index (χ1) is 10.7. The van der Waals surface area contributed by atoms with Gasteiger partial charge in [-0.2, -0.15) is 0 Å². The van der Waals surface area contributed by atoms with E-state index in [9.17, 15) is 0 Å². The van der Waals surface area contributed by atoms with Crippen LogP contribution in [0.3, 0.4) is 0 Å². The summed E-state index contributed by atoms with van der Waals surface area (Å²) in [6.07, 6.45) is 3.23. The first-order valence-corrected chi connectivity index (χ1v) is 6.87. The van der Waals surface area contributed by atoms with E-state index in [0.29, 0.717) is 18.2 Å². The van der Waals surface area contributed by atoms with Crippen LogP contribution in [-0.4, -0.2) is 22.2 Å². The number of hydrogen-bond acceptors (Lipinski definition) is 6. The van der Waals surface area contributed by atoms with Gasteiger partial charge in [0, 0.05) is 18.2 Å². The minimum absolute atomic E-state index is 0.498. The van der Waals surface area contributed by atoms with Gasteiger partial charge in [-0.15, -0.1) is 0 Å². The second kappa shape index (κ2) is 6.26. The first-order valence-electron chi connectivity index (χ1n) is 6.87. The van der Waals surface area contributed by atoms with Gasteiger partial charge in [0.1, 0.15) is 17.3 Å². The zero-order chi connectivity index (χ0) is 15.4. The first kappa shape index (κ1) is 14.1. The molecule has 22 heavy (non-hydrogen) atoms. The predicted molar refractivity (Wildman–Crippen MR) is 82.6 cm³/mol. The molecule has 0 fully saturated rings. The minimum Gasteiger partial charge on any atom is -0.480 e. The van der Waals surface area contributed by atoms with Crippen molar-refractivity contribution in [1.29, 1.82) is 0 Å². The fourth-order valence-electron chi connectivity index (χ4n) is 2.00. The minimum atomic E-state index is 0.498. The lowest BCUT2D eigenvalue weighted by molar-refractivity contribution is 0.396. The summed E-state index contributed by atoms with van der Waals surface area (Å²) in [5.41, 5.74) is 3.02. The van der Waals surface area contributed by atoms with Crippen molar-refractivity contribution in [2.24, 2.45) is 0 Å². The summed E-state index contributed by atoms with van der Waals surface area (Å²) < 4.78 is 10.1. The molecule has 3 rings (SSSR count). The topological polar surface area (TPSA) is 73.1 Å². The van der Waals surface area contributed by atoms with Crippen molar-refractivity contribution in [2.45, 2.75) is 13.5 Å². The second-order valence-corrected chi connectivity index (χ2v) is 4.82. The van der Waals surface area contributed by atoms with E-state index in [-0.39, 0.29) is 0 Å². The van der Waals surface area contributed by atoms with Crippen LogP contribution in [0.1, 0.15) is 11.3 Å². The summed E-state index contributed by atoms with van der Waals surface area (Å²) in [5.74, 6) is 2.01. The summed E-state index contributed by atoms with van der Waals surface area (Å²) in [6.45, 7) is 2.55. The molecule has 0 bridgehead atoms. The molecule has 6 nitrogen and oxygen atoms in total. The zero-order valence-electron chi connectivity index (χ0n) is 12.4. The molecular weight excluding hydrogens is 280 g/mol. The van der Waals surface area contributed by atoms with Gasteiger partial charge in [-0.05, 0) is 12.5 Å². The number of rotatable bonds is 5. The van der Waals surface area contributed by atoms with Crippen LogP contribution in [0.15, 0.2) is 47.2 Å². The van der Waals surface area contributed by atoms with E-state index in [4.69, 9.17) is 9.26 Å². The van der Waals surface area contributed by atoms with Crippen LogP contribution in [0.5, 0.6) is 5.88 Å². The Bertz CT molecular complexity index is 736. The number of nitrogens with one attached hydrogen (secondary N) is 1. The SMILES string of the molecule is COc1cnc(NCc2ccc(-c3cc(C)on3)cc2)cn1. The predicted octanol–water partition coefficient (Wildman–Crippen LogP) is 3.06. The van der Waals surface area contributed by atoms with Crippen molar-refractivity contribution in [2.75, 3.05) is 12.4 Å². The van der Waals surface area contributed by atoms with Gasteiger partial charge in [0.25, 0.3) is 0 Å². The largest absolute Gasteiger partial charge is 0.480 e.